The van der Waals surface area contributed by atoms with Gasteiger partial charge in [0.1, 0.15) is 11.5 Å². The van der Waals surface area contributed by atoms with Crippen molar-refractivity contribution in [3.63, 3.8) is 0 Å². The molecule has 0 bridgehead atoms. The number of para-hydroxylation sites is 1. The molecule has 0 atom stereocenters. The van der Waals surface area contributed by atoms with E-state index in [1.165, 1.54) is 0 Å². The van der Waals surface area contributed by atoms with Gasteiger partial charge in [0.25, 0.3) is 0 Å². The summed E-state index contributed by atoms with van der Waals surface area (Å²) in [4.78, 5) is 2.04. The Bertz CT molecular complexity index is 526. The Morgan fingerprint density at radius 3 is 2.67 bits per heavy atom. The highest BCUT2D eigenvalue weighted by molar-refractivity contribution is 5.31. The number of phenolic OH excluding ortho intramolecular Hbond substituents is 1. The fraction of sp³-hybridized carbons (Fsp3) is 0.200. The molecular weight excluding hydrogens is 226 g/mol. The second-order valence-corrected chi connectivity index (χ2v) is 4.06. The topological polar surface area (TPSA) is 36.6 Å². The summed E-state index contributed by atoms with van der Waals surface area (Å²) in [6, 6.07) is 11.0. The highest BCUT2D eigenvalue weighted by atomic mass is 16.3. The predicted molar refractivity (Wildman–Crippen MR) is 69.8 cm³/mol. The van der Waals surface area contributed by atoms with Gasteiger partial charge in [0.05, 0.1) is 19.4 Å². The molecular formula is C15H15NO2. The molecule has 1 N–H and O–H groups in total. The third-order valence-electron chi connectivity index (χ3n) is 2.66. The normalized spacial score (nSPS) is 10.4. The maximum absolute atomic E-state index is 9.75. The molecule has 0 radical (unpaired) electrons. The standard InChI is InChI=1S/C15H15NO2/c1-2-9-16(12-14-7-5-10-18-14)11-13-6-3-4-8-15(13)17/h1,3-8,10,17H,9,11-12H2. The van der Waals surface area contributed by atoms with E-state index < -0.39 is 0 Å². The van der Waals surface area contributed by atoms with Crippen LogP contribution in [-0.4, -0.2) is 16.6 Å². The zero-order valence-electron chi connectivity index (χ0n) is 10.0. The van der Waals surface area contributed by atoms with Gasteiger partial charge in [0.15, 0.2) is 0 Å². The fourth-order valence-electron chi connectivity index (χ4n) is 1.81. The molecule has 0 saturated heterocycles. The predicted octanol–water partition coefficient (Wildman–Crippen LogP) is 2.62. The van der Waals surface area contributed by atoms with Gasteiger partial charge in [-0.25, -0.2) is 0 Å². The van der Waals surface area contributed by atoms with Gasteiger partial charge in [0.2, 0.25) is 0 Å². The van der Waals surface area contributed by atoms with E-state index in [4.69, 9.17) is 10.8 Å². The Hall–Kier alpha value is -2.18. The minimum atomic E-state index is 0.291. The van der Waals surface area contributed by atoms with Crippen LogP contribution in [-0.2, 0) is 13.1 Å². The summed E-state index contributed by atoms with van der Waals surface area (Å²) in [5, 5.41) is 9.75. The van der Waals surface area contributed by atoms with Gasteiger partial charge in [-0.05, 0) is 18.2 Å². The van der Waals surface area contributed by atoms with Crippen molar-refractivity contribution >= 4 is 0 Å². The highest BCUT2D eigenvalue weighted by Gasteiger charge is 2.09. The third-order valence-corrected chi connectivity index (χ3v) is 2.66. The summed E-state index contributed by atoms with van der Waals surface area (Å²) in [6.45, 7) is 1.73. The van der Waals surface area contributed by atoms with Gasteiger partial charge in [-0.3, -0.25) is 4.90 Å². The zero-order chi connectivity index (χ0) is 12.8. The van der Waals surface area contributed by atoms with Crippen molar-refractivity contribution in [3.05, 3.63) is 54.0 Å². The molecule has 3 nitrogen and oxygen atoms in total. The molecule has 0 amide bonds. The number of hydrogen-bond acceptors (Lipinski definition) is 3. The summed E-state index contributed by atoms with van der Waals surface area (Å²) in [5.74, 6) is 3.78. The monoisotopic (exact) mass is 241 g/mol. The van der Waals surface area contributed by atoms with E-state index in [0.717, 1.165) is 11.3 Å². The summed E-state index contributed by atoms with van der Waals surface area (Å²) in [7, 11) is 0. The maximum Gasteiger partial charge on any atom is 0.120 e. The van der Waals surface area contributed by atoms with Crippen molar-refractivity contribution in [1.29, 1.82) is 0 Å². The van der Waals surface area contributed by atoms with Crippen molar-refractivity contribution in [3.8, 4) is 18.1 Å². The molecule has 92 valence electrons. The number of benzene rings is 1. The van der Waals surface area contributed by atoms with Gasteiger partial charge < -0.3 is 9.52 Å². The molecule has 2 aromatic rings. The quantitative estimate of drug-likeness (QED) is 0.817. The number of hydrogen-bond donors (Lipinski definition) is 1. The molecule has 2 rings (SSSR count). The number of furan rings is 1. The first-order chi connectivity index (χ1) is 8.79. The second kappa shape index (κ2) is 5.95. The number of phenols is 1. The first-order valence-corrected chi connectivity index (χ1v) is 5.74. The lowest BCUT2D eigenvalue weighted by Gasteiger charge is -2.19. The van der Waals surface area contributed by atoms with Gasteiger partial charge >= 0.3 is 0 Å². The average Bonchev–Trinajstić information content (AvgIpc) is 2.85. The number of terminal acetylenes is 1. The van der Waals surface area contributed by atoms with E-state index >= 15 is 0 Å². The molecule has 0 spiro atoms. The van der Waals surface area contributed by atoms with Crippen LogP contribution in [0.2, 0.25) is 0 Å². The summed E-state index contributed by atoms with van der Waals surface area (Å²) < 4.78 is 5.31. The number of rotatable bonds is 5. The molecule has 0 fully saturated rings. The SMILES string of the molecule is C#CCN(Cc1ccco1)Cc1ccccc1O. The van der Waals surface area contributed by atoms with Crippen molar-refractivity contribution in [1.82, 2.24) is 4.90 Å². The Kier molecular flexibility index (Phi) is 4.06. The Balaban J connectivity index is 2.07. The van der Waals surface area contributed by atoms with E-state index in [1.807, 2.05) is 29.2 Å². The first-order valence-electron chi connectivity index (χ1n) is 5.74. The van der Waals surface area contributed by atoms with Crippen molar-refractivity contribution in [2.45, 2.75) is 13.1 Å². The minimum Gasteiger partial charge on any atom is -0.508 e. The van der Waals surface area contributed by atoms with Crippen LogP contribution < -0.4 is 0 Å². The van der Waals surface area contributed by atoms with Gasteiger partial charge in [-0.2, -0.15) is 0 Å². The van der Waals surface area contributed by atoms with Gasteiger partial charge in [0, 0.05) is 12.1 Å². The van der Waals surface area contributed by atoms with Crippen molar-refractivity contribution in [2.75, 3.05) is 6.54 Å². The van der Waals surface area contributed by atoms with Gasteiger partial charge in [-0.15, -0.1) is 6.42 Å². The Morgan fingerprint density at radius 2 is 2.00 bits per heavy atom. The fourth-order valence-corrected chi connectivity index (χ4v) is 1.81. The van der Waals surface area contributed by atoms with E-state index in [0.29, 0.717) is 25.4 Å². The summed E-state index contributed by atoms with van der Waals surface area (Å²) >= 11 is 0. The van der Waals surface area contributed by atoms with Gasteiger partial charge in [-0.1, -0.05) is 24.1 Å². The highest BCUT2D eigenvalue weighted by Crippen LogP contribution is 2.18. The molecule has 0 aliphatic rings. The van der Waals surface area contributed by atoms with Crippen LogP contribution in [0.5, 0.6) is 5.75 Å². The summed E-state index contributed by atoms with van der Waals surface area (Å²) in [5.41, 5.74) is 0.860. The summed E-state index contributed by atoms with van der Waals surface area (Å²) in [6.07, 6.45) is 7.01. The number of nitrogens with zero attached hydrogens (tertiary/aromatic N) is 1. The van der Waals surface area contributed by atoms with E-state index in [2.05, 4.69) is 5.92 Å². The van der Waals surface area contributed by atoms with Crippen LogP contribution >= 0.6 is 0 Å². The smallest absolute Gasteiger partial charge is 0.120 e. The lowest BCUT2D eigenvalue weighted by molar-refractivity contribution is 0.260. The lowest BCUT2D eigenvalue weighted by Crippen LogP contribution is -2.22. The molecule has 0 aliphatic heterocycles. The Morgan fingerprint density at radius 1 is 1.17 bits per heavy atom. The molecule has 18 heavy (non-hydrogen) atoms. The van der Waals surface area contributed by atoms with E-state index in [9.17, 15) is 5.11 Å². The lowest BCUT2D eigenvalue weighted by atomic mass is 10.2. The Labute approximate surface area is 107 Å². The van der Waals surface area contributed by atoms with Crippen LogP contribution in [0.15, 0.2) is 47.1 Å². The van der Waals surface area contributed by atoms with Crippen LogP contribution in [0.4, 0.5) is 0 Å². The minimum absolute atomic E-state index is 0.291. The van der Waals surface area contributed by atoms with E-state index in [1.54, 1.807) is 18.4 Å². The average molecular weight is 241 g/mol. The van der Waals surface area contributed by atoms with Crippen LogP contribution in [0.1, 0.15) is 11.3 Å². The van der Waals surface area contributed by atoms with Crippen molar-refractivity contribution in [2.24, 2.45) is 0 Å². The molecule has 1 aromatic carbocycles. The molecule has 0 saturated carbocycles. The maximum atomic E-state index is 9.75. The first kappa shape index (κ1) is 12.3. The van der Waals surface area contributed by atoms with Crippen LogP contribution in [0.25, 0.3) is 0 Å². The third kappa shape index (κ3) is 3.16. The molecule has 3 heteroatoms. The van der Waals surface area contributed by atoms with Crippen molar-refractivity contribution < 1.29 is 9.52 Å². The van der Waals surface area contributed by atoms with Crippen LogP contribution in [0, 0.1) is 12.3 Å². The zero-order valence-corrected chi connectivity index (χ0v) is 10.0. The molecule has 0 unspecified atom stereocenters. The number of aromatic hydroxyl groups is 1. The molecule has 1 aromatic heterocycles. The molecule has 0 aliphatic carbocycles. The second-order valence-electron chi connectivity index (χ2n) is 4.06. The molecule has 1 heterocycles. The largest absolute Gasteiger partial charge is 0.508 e. The van der Waals surface area contributed by atoms with E-state index in [-0.39, 0.29) is 0 Å². The van der Waals surface area contributed by atoms with Crippen LogP contribution in [0.3, 0.4) is 0 Å².